The van der Waals surface area contributed by atoms with Crippen LogP contribution in [0.4, 0.5) is 0 Å². The van der Waals surface area contributed by atoms with Gasteiger partial charge in [0.05, 0.1) is 0 Å². The quantitative estimate of drug-likeness (QED) is 0.103. The third kappa shape index (κ3) is 15.3. The van der Waals surface area contributed by atoms with Crippen LogP contribution in [-0.2, 0) is 0 Å². The van der Waals surface area contributed by atoms with E-state index in [-0.39, 0.29) is 0 Å². The van der Waals surface area contributed by atoms with Crippen molar-refractivity contribution in [2.45, 2.75) is 135 Å². The van der Waals surface area contributed by atoms with E-state index in [9.17, 15) is 0 Å². The van der Waals surface area contributed by atoms with Gasteiger partial charge in [-0.1, -0.05) is 0 Å². The van der Waals surface area contributed by atoms with E-state index in [1.165, 1.54) is 83.5 Å². The zero-order valence-electron chi connectivity index (χ0n) is 18.4. The molecular weight excluding hydrogens is 407 g/mol. The number of allylic oxidation sites excluding steroid dienone is 2. The number of hydrogen-bond donors (Lipinski definition) is 0. The molecule has 0 bridgehead atoms. The van der Waals surface area contributed by atoms with Gasteiger partial charge in [0.15, 0.2) is 0 Å². The molecule has 0 nitrogen and oxygen atoms in total. The molecule has 0 atom stereocenters. The molecule has 25 heavy (non-hydrogen) atoms. The maximum absolute atomic E-state index is 2.46. The normalized spacial score (nSPS) is 12.3. The topological polar surface area (TPSA) is 0 Å². The van der Waals surface area contributed by atoms with E-state index in [0.29, 0.717) is 0 Å². The van der Waals surface area contributed by atoms with Gasteiger partial charge in [0.1, 0.15) is 0 Å². The number of unbranched alkanes of at least 4 members (excludes halogenated alkanes) is 9. The molecule has 0 aromatic carbocycles. The Balaban J connectivity index is 4.12. The van der Waals surface area contributed by atoms with Gasteiger partial charge >= 0.3 is 166 Å². The Morgan fingerprint density at radius 2 is 0.840 bits per heavy atom. The molecule has 0 unspecified atom stereocenters. The van der Waals surface area contributed by atoms with Crippen molar-refractivity contribution in [1.82, 2.24) is 0 Å². The summed E-state index contributed by atoms with van der Waals surface area (Å²) in [6.45, 7) is 9.46. The van der Waals surface area contributed by atoms with Gasteiger partial charge in [-0.2, -0.15) is 0 Å². The first-order valence-electron chi connectivity index (χ1n) is 11.9. The molecule has 0 aliphatic heterocycles. The summed E-state index contributed by atoms with van der Waals surface area (Å²) in [5.74, 6) is 0. The van der Waals surface area contributed by atoms with Crippen molar-refractivity contribution in [3.63, 3.8) is 0 Å². The SMILES string of the molecule is CCCCC/C=C\CCCC[CH2][Sn]([CH2]CCC)([CH2]CCC)[CH2]CCC. The summed E-state index contributed by atoms with van der Waals surface area (Å²) in [4.78, 5) is 0. The minimum absolute atomic E-state index is 1.30. The molecule has 0 fully saturated rings. The Kier molecular flexibility index (Phi) is 19.7. The molecule has 0 aliphatic carbocycles. The van der Waals surface area contributed by atoms with Gasteiger partial charge in [-0.25, -0.2) is 0 Å². The Bertz CT molecular complexity index is 260. The predicted octanol–water partition coefficient (Wildman–Crippen LogP) is 9.53. The molecule has 0 rings (SSSR count). The fraction of sp³-hybridized carbons (Fsp3) is 0.917. The van der Waals surface area contributed by atoms with Gasteiger partial charge in [0.25, 0.3) is 0 Å². The molecule has 0 spiro atoms. The van der Waals surface area contributed by atoms with Crippen LogP contribution in [0.25, 0.3) is 0 Å². The maximum atomic E-state index is 2.46. The fourth-order valence-electron chi connectivity index (χ4n) is 4.09. The van der Waals surface area contributed by atoms with Crippen molar-refractivity contribution in [3.05, 3.63) is 12.2 Å². The van der Waals surface area contributed by atoms with Gasteiger partial charge < -0.3 is 0 Å². The predicted molar refractivity (Wildman–Crippen MR) is 121 cm³/mol. The number of rotatable bonds is 19. The Hall–Kier alpha value is 0.539. The van der Waals surface area contributed by atoms with Crippen LogP contribution in [0.15, 0.2) is 12.2 Å². The molecule has 0 radical (unpaired) electrons. The Labute approximate surface area is 165 Å². The molecule has 0 aromatic heterocycles. The van der Waals surface area contributed by atoms with Crippen LogP contribution >= 0.6 is 0 Å². The van der Waals surface area contributed by atoms with Crippen molar-refractivity contribution >= 4 is 18.4 Å². The molecule has 0 amide bonds. The van der Waals surface area contributed by atoms with Gasteiger partial charge in [0.2, 0.25) is 0 Å². The van der Waals surface area contributed by atoms with Gasteiger partial charge in [-0.15, -0.1) is 0 Å². The fourth-order valence-corrected chi connectivity index (χ4v) is 20.7. The van der Waals surface area contributed by atoms with Gasteiger partial charge in [0, 0.05) is 0 Å². The molecule has 150 valence electrons. The molecule has 0 heterocycles. The summed E-state index contributed by atoms with van der Waals surface area (Å²) in [5, 5.41) is 0. The second-order valence-corrected chi connectivity index (χ2v) is 22.6. The summed E-state index contributed by atoms with van der Waals surface area (Å²) in [5.41, 5.74) is 0. The summed E-state index contributed by atoms with van der Waals surface area (Å²) in [7, 11) is 0. The zero-order valence-corrected chi connectivity index (χ0v) is 21.2. The summed E-state index contributed by atoms with van der Waals surface area (Å²) in [6.07, 6.45) is 25.0. The van der Waals surface area contributed by atoms with Crippen molar-refractivity contribution in [2.75, 3.05) is 0 Å². The van der Waals surface area contributed by atoms with Gasteiger partial charge in [-0.05, 0) is 0 Å². The van der Waals surface area contributed by atoms with E-state index in [2.05, 4.69) is 39.8 Å². The van der Waals surface area contributed by atoms with Crippen molar-refractivity contribution < 1.29 is 0 Å². The van der Waals surface area contributed by atoms with Crippen LogP contribution in [0, 0.1) is 0 Å². The summed E-state index contributed by atoms with van der Waals surface area (Å²) >= 11 is -1.81. The summed E-state index contributed by atoms with van der Waals surface area (Å²) < 4.78 is 6.79. The summed E-state index contributed by atoms with van der Waals surface area (Å²) in [6, 6.07) is 0. The van der Waals surface area contributed by atoms with E-state index in [4.69, 9.17) is 0 Å². The molecule has 0 saturated heterocycles. The Morgan fingerprint density at radius 3 is 1.28 bits per heavy atom. The molecule has 0 saturated carbocycles. The standard InChI is InChI=1S/C12H23.3C4H9.Sn/c1-3-5-7-9-11-12-10-8-6-4-2;3*1-3-4-2;/h11-12H,1,3-10H2,2H3;3*1,3-4H2,2H3;/b12-11-;;;;. The van der Waals surface area contributed by atoms with E-state index >= 15 is 0 Å². The molecule has 1 heteroatoms. The van der Waals surface area contributed by atoms with E-state index in [1.807, 2.05) is 0 Å². The van der Waals surface area contributed by atoms with Crippen molar-refractivity contribution in [3.8, 4) is 0 Å². The van der Waals surface area contributed by atoms with Crippen molar-refractivity contribution in [2.24, 2.45) is 0 Å². The monoisotopic (exact) mass is 458 g/mol. The minimum atomic E-state index is -1.81. The Morgan fingerprint density at radius 1 is 0.440 bits per heavy atom. The average Bonchev–Trinajstić information content (AvgIpc) is 2.64. The average molecular weight is 457 g/mol. The first kappa shape index (κ1) is 25.5. The zero-order chi connectivity index (χ0) is 18.6. The van der Waals surface area contributed by atoms with Crippen LogP contribution in [0.5, 0.6) is 0 Å². The van der Waals surface area contributed by atoms with E-state index in [0.717, 1.165) is 0 Å². The first-order valence-corrected chi connectivity index (χ1v) is 20.0. The second kappa shape index (κ2) is 19.3. The second-order valence-electron chi connectivity index (χ2n) is 8.38. The van der Waals surface area contributed by atoms with Gasteiger partial charge in [-0.3, -0.25) is 0 Å². The molecule has 0 aliphatic rings. The van der Waals surface area contributed by atoms with Crippen molar-refractivity contribution in [1.29, 1.82) is 0 Å². The van der Waals surface area contributed by atoms with Crippen LogP contribution in [-0.4, -0.2) is 18.4 Å². The third-order valence-electron chi connectivity index (χ3n) is 5.90. The molecule has 0 aromatic rings. The first-order chi connectivity index (χ1) is 12.2. The molecular formula is C24H50Sn. The van der Waals surface area contributed by atoms with E-state index < -0.39 is 18.4 Å². The van der Waals surface area contributed by atoms with E-state index in [1.54, 1.807) is 24.2 Å². The van der Waals surface area contributed by atoms with Crippen LogP contribution in [0.3, 0.4) is 0 Å². The third-order valence-corrected chi connectivity index (χ3v) is 22.0. The molecule has 0 N–H and O–H groups in total. The van der Waals surface area contributed by atoms with Crippen LogP contribution < -0.4 is 0 Å². The number of hydrogen-bond acceptors (Lipinski definition) is 0. The van der Waals surface area contributed by atoms with Crippen LogP contribution in [0.2, 0.25) is 17.7 Å². The van der Waals surface area contributed by atoms with Crippen LogP contribution in [0.1, 0.15) is 118 Å².